The largest absolute Gasteiger partial charge is 0.465 e. The molecule has 1 saturated carbocycles. The first-order valence-electron chi connectivity index (χ1n) is 12.2. The third kappa shape index (κ3) is 3.95. The summed E-state index contributed by atoms with van der Waals surface area (Å²) in [7, 11) is 0. The Labute approximate surface area is 211 Å². The molecule has 1 amide bonds. The van der Waals surface area contributed by atoms with Crippen molar-refractivity contribution in [1.29, 1.82) is 0 Å². The van der Waals surface area contributed by atoms with Crippen molar-refractivity contribution in [1.82, 2.24) is 14.9 Å². The molecule has 1 aliphatic rings. The molecule has 2 aromatic heterocycles. The molecular formula is C29H31N5O2. The van der Waals surface area contributed by atoms with E-state index in [0.29, 0.717) is 5.82 Å². The topological polar surface area (TPSA) is 104 Å². The van der Waals surface area contributed by atoms with Gasteiger partial charge >= 0.3 is 6.09 Å². The molecule has 0 atom stereocenters. The molecule has 7 heteroatoms. The molecule has 0 saturated heterocycles. The van der Waals surface area contributed by atoms with Gasteiger partial charge in [-0.3, -0.25) is 4.90 Å². The van der Waals surface area contributed by atoms with Gasteiger partial charge in [-0.25, -0.2) is 20.6 Å². The van der Waals surface area contributed by atoms with E-state index < -0.39 is 17.2 Å². The highest BCUT2D eigenvalue weighted by Crippen LogP contribution is 2.49. The maximum Gasteiger partial charge on any atom is 0.408 e. The zero-order valence-electron chi connectivity index (χ0n) is 20.8. The van der Waals surface area contributed by atoms with Crippen LogP contribution in [-0.2, 0) is 5.54 Å². The van der Waals surface area contributed by atoms with Crippen LogP contribution in [0.4, 0.5) is 10.6 Å². The van der Waals surface area contributed by atoms with Crippen LogP contribution in [0.3, 0.4) is 0 Å². The second-order valence-electron chi connectivity index (χ2n) is 10.4. The summed E-state index contributed by atoms with van der Waals surface area (Å²) in [6.07, 6.45) is 3.46. The third-order valence-electron chi connectivity index (χ3n) is 7.13. The summed E-state index contributed by atoms with van der Waals surface area (Å²) in [5.74, 6) is 6.29. The number of nitrogen functional groups attached to an aromatic ring is 1. The zero-order chi connectivity index (χ0) is 25.5. The molecule has 0 bridgehead atoms. The van der Waals surface area contributed by atoms with Crippen molar-refractivity contribution in [2.75, 3.05) is 5.43 Å². The van der Waals surface area contributed by atoms with Crippen LogP contribution in [0.2, 0.25) is 0 Å². The summed E-state index contributed by atoms with van der Waals surface area (Å²) in [5, 5.41) is 10.9. The van der Waals surface area contributed by atoms with Crippen molar-refractivity contribution in [3.05, 3.63) is 78.5 Å². The molecule has 0 unspecified atom stereocenters. The molecule has 0 spiro atoms. The number of rotatable bonds is 5. The minimum Gasteiger partial charge on any atom is -0.465 e. The lowest BCUT2D eigenvalue weighted by Crippen LogP contribution is -2.60. The normalized spacial score (nSPS) is 14.8. The molecule has 1 aliphatic carbocycles. The van der Waals surface area contributed by atoms with Gasteiger partial charge in [0.2, 0.25) is 0 Å². The quantitative estimate of drug-likeness (QED) is 0.225. The number of carboxylic acid groups (broad SMARTS) is 1. The predicted octanol–water partition coefficient (Wildman–Crippen LogP) is 6.41. The van der Waals surface area contributed by atoms with Gasteiger partial charge in [0, 0.05) is 28.2 Å². The van der Waals surface area contributed by atoms with E-state index in [1.165, 1.54) is 0 Å². The van der Waals surface area contributed by atoms with Gasteiger partial charge < -0.3 is 10.5 Å². The Morgan fingerprint density at radius 3 is 2.28 bits per heavy atom. The van der Waals surface area contributed by atoms with Crippen molar-refractivity contribution in [2.24, 2.45) is 5.84 Å². The average Bonchev–Trinajstić information content (AvgIpc) is 2.84. The maximum atomic E-state index is 12.3. The number of hydrazine groups is 1. The number of hydrogen-bond donors (Lipinski definition) is 3. The maximum absolute atomic E-state index is 12.3. The summed E-state index contributed by atoms with van der Waals surface area (Å²) in [6.45, 7) is 5.88. The van der Waals surface area contributed by atoms with E-state index in [1.807, 2.05) is 45.0 Å². The fourth-order valence-electron chi connectivity index (χ4n) is 5.47. The van der Waals surface area contributed by atoms with Gasteiger partial charge in [-0.05, 0) is 63.3 Å². The van der Waals surface area contributed by atoms with E-state index in [9.17, 15) is 9.90 Å². The summed E-state index contributed by atoms with van der Waals surface area (Å²) in [6, 6.07) is 22.3. The molecule has 36 heavy (non-hydrogen) atoms. The number of amides is 1. The van der Waals surface area contributed by atoms with Gasteiger partial charge in [0.05, 0.1) is 16.7 Å². The molecule has 184 valence electrons. The third-order valence-corrected chi connectivity index (χ3v) is 7.13. The average molecular weight is 482 g/mol. The van der Waals surface area contributed by atoms with E-state index in [4.69, 9.17) is 10.8 Å². The number of nitrogens with zero attached hydrogens (tertiary/aromatic N) is 3. The summed E-state index contributed by atoms with van der Waals surface area (Å²) in [4.78, 5) is 23.3. The van der Waals surface area contributed by atoms with Crippen molar-refractivity contribution in [3.63, 3.8) is 0 Å². The number of aromatic nitrogens is 2. The highest BCUT2D eigenvalue weighted by atomic mass is 16.4. The van der Waals surface area contributed by atoms with Gasteiger partial charge in [0.15, 0.2) is 0 Å². The molecule has 5 rings (SSSR count). The highest BCUT2D eigenvalue weighted by Gasteiger charge is 2.50. The Kier molecular flexibility index (Phi) is 5.88. The van der Waals surface area contributed by atoms with E-state index in [0.717, 1.165) is 58.1 Å². The fourth-order valence-corrected chi connectivity index (χ4v) is 5.47. The number of fused-ring (bicyclic) bond motifs is 1. The fraction of sp³-hybridized carbons (Fsp3) is 0.276. The predicted molar refractivity (Wildman–Crippen MR) is 143 cm³/mol. The molecule has 4 N–H and O–H groups in total. The zero-order valence-corrected chi connectivity index (χ0v) is 20.8. The standard InChI is InChI=1S/C29H31N5O2/c1-28(2,3)34(27(35)36)29(15-7-16-29)21-12-10-20(11-13-21)25-22(19-8-5-4-6-9-19)18-23-24(32-25)14-17-31-26(23)33-30/h4-6,8-14,17-18H,7,15-16,30H2,1-3H3,(H,31,33)(H,35,36). The van der Waals surface area contributed by atoms with Crippen LogP contribution in [0.5, 0.6) is 0 Å². The number of anilines is 1. The lowest BCUT2D eigenvalue weighted by atomic mass is 9.69. The number of nitrogens with two attached hydrogens (primary N) is 1. The van der Waals surface area contributed by atoms with Gasteiger partial charge in [-0.2, -0.15) is 0 Å². The van der Waals surface area contributed by atoms with Crippen molar-refractivity contribution in [2.45, 2.75) is 51.1 Å². The van der Waals surface area contributed by atoms with Crippen LogP contribution in [-0.4, -0.2) is 31.6 Å². The number of hydrogen-bond acceptors (Lipinski definition) is 5. The minimum absolute atomic E-state index is 0.505. The molecule has 0 aliphatic heterocycles. The Morgan fingerprint density at radius 2 is 1.72 bits per heavy atom. The highest BCUT2D eigenvalue weighted by molar-refractivity contribution is 5.96. The van der Waals surface area contributed by atoms with Crippen LogP contribution in [0.1, 0.15) is 45.6 Å². The molecule has 7 nitrogen and oxygen atoms in total. The first-order valence-corrected chi connectivity index (χ1v) is 12.2. The first kappa shape index (κ1) is 23.8. The summed E-state index contributed by atoms with van der Waals surface area (Å²) in [5.41, 5.74) is 7.30. The number of pyridine rings is 2. The Morgan fingerprint density at radius 1 is 1.03 bits per heavy atom. The Balaban J connectivity index is 1.64. The van der Waals surface area contributed by atoms with Crippen molar-refractivity contribution >= 4 is 22.8 Å². The van der Waals surface area contributed by atoms with Crippen LogP contribution in [0, 0.1) is 0 Å². The number of benzene rings is 2. The molecule has 0 radical (unpaired) electrons. The van der Waals surface area contributed by atoms with E-state index in [-0.39, 0.29) is 0 Å². The van der Waals surface area contributed by atoms with Crippen LogP contribution in [0.25, 0.3) is 33.3 Å². The molecule has 2 heterocycles. The lowest BCUT2D eigenvalue weighted by Gasteiger charge is -2.54. The number of carbonyl (C=O) groups is 1. The Bertz CT molecular complexity index is 1410. The van der Waals surface area contributed by atoms with Gasteiger partial charge in [0.1, 0.15) is 5.82 Å². The minimum atomic E-state index is -0.883. The van der Waals surface area contributed by atoms with E-state index >= 15 is 0 Å². The van der Waals surface area contributed by atoms with E-state index in [2.05, 4.69) is 52.9 Å². The van der Waals surface area contributed by atoms with Crippen LogP contribution in [0.15, 0.2) is 72.9 Å². The monoisotopic (exact) mass is 481 g/mol. The van der Waals surface area contributed by atoms with E-state index in [1.54, 1.807) is 11.1 Å². The van der Waals surface area contributed by atoms with Crippen LogP contribution < -0.4 is 11.3 Å². The Hall–Kier alpha value is -3.97. The molecular weight excluding hydrogens is 450 g/mol. The lowest BCUT2D eigenvalue weighted by molar-refractivity contribution is -0.0328. The van der Waals surface area contributed by atoms with Gasteiger partial charge in [0.25, 0.3) is 0 Å². The second kappa shape index (κ2) is 8.91. The molecule has 2 aromatic carbocycles. The van der Waals surface area contributed by atoms with Gasteiger partial charge in [-0.15, -0.1) is 0 Å². The first-order chi connectivity index (χ1) is 17.2. The van der Waals surface area contributed by atoms with Crippen LogP contribution >= 0.6 is 0 Å². The summed E-state index contributed by atoms with van der Waals surface area (Å²) >= 11 is 0. The SMILES string of the molecule is CC(C)(C)N(C(=O)O)C1(c2ccc(-c3nc4ccnc(NN)c4cc3-c3ccccc3)cc2)CCC1. The van der Waals surface area contributed by atoms with Gasteiger partial charge in [-0.1, -0.05) is 54.6 Å². The van der Waals surface area contributed by atoms with Crippen molar-refractivity contribution in [3.8, 4) is 22.4 Å². The molecule has 1 fully saturated rings. The molecule has 4 aromatic rings. The number of nitrogens with one attached hydrogen (secondary N) is 1. The van der Waals surface area contributed by atoms with Crippen molar-refractivity contribution < 1.29 is 9.90 Å². The summed E-state index contributed by atoms with van der Waals surface area (Å²) < 4.78 is 0. The second-order valence-corrected chi connectivity index (χ2v) is 10.4. The smallest absolute Gasteiger partial charge is 0.408 e.